The number of halogens is 2. The highest BCUT2D eigenvalue weighted by Crippen LogP contribution is 2.25. The second-order valence-electron chi connectivity index (χ2n) is 4.38. The molecule has 1 heterocycles. The Balaban J connectivity index is 2.09. The predicted molar refractivity (Wildman–Crippen MR) is 78.3 cm³/mol. The highest BCUT2D eigenvalue weighted by atomic mass is 79.9. The van der Waals surface area contributed by atoms with Crippen LogP contribution in [0.15, 0.2) is 40.2 Å². The highest BCUT2D eigenvalue weighted by Gasteiger charge is 2.13. The summed E-state index contributed by atoms with van der Waals surface area (Å²) in [5, 5.41) is 2.08. The maximum Gasteiger partial charge on any atom is 0.124 e. The quantitative estimate of drug-likeness (QED) is 0.776. The molecule has 0 spiro atoms. The first-order valence-corrected chi connectivity index (χ1v) is 7.42. The van der Waals surface area contributed by atoms with Crippen molar-refractivity contribution in [2.75, 3.05) is 7.05 Å². The molecule has 0 saturated carbocycles. The van der Waals surface area contributed by atoms with Crippen LogP contribution in [0, 0.1) is 5.82 Å². The zero-order valence-corrected chi connectivity index (χ0v) is 12.8. The van der Waals surface area contributed by atoms with E-state index in [1.54, 1.807) is 17.4 Å². The molecule has 0 amide bonds. The van der Waals surface area contributed by atoms with E-state index in [1.807, 2.05) is 6.07 Å². The molecule has 0 aliphatic heterocycles. The van der Waals surface area contributed by atoms with Crippen molar-refractivity contribution in [3.8, 4) is 0 Å². The SMILES string of the molecule is CC(c1cccs1)N(C)Cc1cc(F)cc(Br)c1. The number of nitrogens with zero attached hydrogens (tertiary/aromatic N) is 1. The molecule has 4 heteroatoms. The molecule has 2 rings (SSSR count). The lowest BCUT2D eigenvalue weighted by molar-refractivity contribution is 0.256. The smallest absolute Gasteiger partial charge is 0.124 e. The molecule has 1 aromatic carbocycles. The number of thiophene rings is 1. The summed E-state index contributed by atoms with van der Waals surface area (Å²) in [4.78, 5) is 3.54. The van der Waals surface area contributed by atoms with Crippen LogP contribution >= 0.6 is 27.3 Å². The Labute approximate surface area is 119 Å². The van der Waals surface area contributed by atoms with Gasteiger partial charge in [0.15, 0.2) is 0 Å². The van der Waals surface area contributed by atoms with Gasteiger partial charge in [0.25, 0.3) is 0 Å². The highest BCUT2D eigenvalue weighted by molar-refractivity contribution is 9.10. The van der Waals surface area contributed by atoms with Crippen molar-refractivity contribution in [1.82, 2.24) is 4.90 Å². The van der Waals surface area contributed by atoms with Gasteiger partial charge < -0.3 is 0 Å². The van der Waals surface area contributed by atoms with Crippen LogP contribution in [0.4, 0.5) is 4.39 Å². The van der Waals surface area contributed by atoms with E-state index < -0.39 is 0 Å². The van der Waals surface area contributed by atoms with Crippen LogP contribution in [0.2, 0.25) is 0 Å². The van der Waals surface area contributed by atoms with Gasteiger partial charge in [-0.3, -0.25) is 4.90 Å². The average molecular weight is 328 g/mol. The average Bonchev–Trinajstić information content (AvgIpc) is 2.79. The summed E-state index contributed by atoms with van der Waals surface area (Å²) in [6.45, 7) is 2.90. The molecule has 0 aliphatic carbocycles. The summed E-state index contributed by atoms with van der Waals surface area (Å²) >= 11 is 5.07. The Morgan fingerprint density at radius 2 is 2.17 bits per heavy atom. The van der Waals surface area contributed by atoms with E-state index in [1.165, 1.54) is 10.9 Å². The summed E-state index contributed by atoms with van der Waals surface area (Å²) in [7, 11) is 2.06. The van der Waals surface area contributed by atoms with E-state index >= 15 is 0 Å². The molecule has 0 bridgehead atoms. The first-order valence-electron chi connectivity index (χ1n) is 5.75. The summed E-state index contributed by atoms with van der Waals surface area (Å²) in [5.41, 5.74) is 0.979. The number of benzene rings is 1. The lowest BCUT2D eigenvalue weighted by Gasteiger charge is -2.24. The third-order valence-corrected chi connectivity index (χ3v) is 4.47. The Morgan fingerprint density at radius 3 is 2.78 bits per heavy atom. The van der Waals surface area contributed by atoms with Crippen molar-refractivity contribution in [2.45, 2.75) is 19.5 Å². The molecule has 2 aromatic rings. The Hall–Kier alpha value is -0.710. The molecule has 18 heavy (non-hydrogen) atoms. The Kier molecular flexibility index (Phi) is 4.54. The summed E-state index contributed by atoms with van der Waals surface area (Å²) < 4.78 is 14.1. The molecule has 0 radical (unpaired) electrons. The molecule has 96 valence electrons. The van der Waals surface area contributed by atoms with Crippen LogP contribution in [0.25, 0.3) is 0 Å². The molecular formula is C14H15BrFNS. The molecule has 0 fully saturated rings. The molecule has 1 nitrogen and oxygen atoms in total. The molecule has 1 unspecified atom stereocenters. The molecule has 1 atom stereocenters. The monoisotopic (exact) mass is 327 g/mol. The van der Waals surface area contributed by atoms with E-state index in [9.17, 15) is 4.39 Å². The Morgan fingerprint density at radius 1 is 1.39 bits per heavy atom. The Bertz CT molecular complexity index is 492. The fraction of sp³-hybridized carbons (Fsp3) is 0.286. The van der Waals surface area contributed by atoms with Gasteiger partial charge in [-0.25, -0.2) is 4.39 Å². The number of hydrogen-bond acceptors (Lipinski definition) is 2. The van der Waals surface area contributed by atoms with Gasteiger partial charge in [-0.05, 0) is 49.2 Å². The topological polar surface area (TPSA) is 3.24 Å². The minimum Gasteiger partial charge on any atom is -0.295 e. The van der Waals surface area contributed by atoms with Crippen LogP contribution in [0.1, 0.15) is 23.4 Å². The fourth-order valence-corrected chi connectivity index (χ4v) is 3.23. The van der Waals surface area contributed by atoms with Crippen LogP contribution < -0.4 is 0 Å². The lowest BCUT2D eigenvalue weighted by atomic mass is 10.1. The minimum absolute atomic E-state index is 0.198. The van der Waals surface area contributed by atoms with E-state index in [4.69, 9.17) is 0 Å². The van der Waals surface area contributed by atoms with Crippen molar-refractivity contribution in [2.24, 2.45) is 0 Å². The van der Waals surface area contributed by atoms with E-state index in [2.05, 4.69) is 52.3 Å². The standard InChI is InChI=1S/C14H15BrFNS/c1-10(14-4-3-5-18-14)17(2)9-11-6-12(15)8-13(16)7-11/h3-8,10H,9H2,1-2H3. The fourth-order valence-electron chi connectivity index (χ4n) is 1.87. The summed E-state index contributed by atoms with van der Waals surface area (Å²) in [6, 6.07) is 9.55. The third-order valence-electron chi connectivity index (χ3n) is 2.97. The van der Waals surface area contributed by atoms with Gasteiger partial charge in [0.05, 0.1) is 0 Å². The van der Waals surface area contributed by atoms with Gasteiger partial charge in [-0.1, -0.05) is 22.0 Å². The van der Waals surface area contributed by atoms with Crippen LogP contribution in [-0.2, 0) is 6.54 Å². The maximum atomic E-state index is 13.3. The van der Waals surface area contributed by atoms with Crippen molar-refractivity contribution in [1.29, 1.82) is 0 Å². The van der Waals surface area contributed by atoms with Crippen molar-refractivity contribution in [3.63, 3.8) is 0 Å². The van der Waals surface area contributed by atoms with Gasteiger partial charge in [0.1, 0.15) is 5.82 Å². The van der Waals surface area contributed by atoms with Crippen LogP contribution in [-0.4, -0.2) is 11.9 Å². The second-order valence-corrected chi connectivity index (χ2v) is 6.28. The minimum atomic E-state index is -0.198. The zero-order valence-electron chi connectivity index (χ0n) is 10.4. The van der Waals surface area contributed by atoms with E-state index in [0.29, 0.717) is 6.04 Å². The first kappa shape index (κ1) is 13.7. The van der Waals surface area contributed by atoms with Crippen LogP contribution in [0.5, 0.6) is 0 Å². The van der Waals surface area contributed by atoms with Gasteiger partial charge in [-0.2, -0.15) is 0 Å². The van der Waals surface area contributed by atoms with Crippen molar-refractivity contribution in [3.05, 3.63) is 56.4 Å². The largest absolute Gasteiger partial charge is 0.295 e. The molecule has 0 aliphatic rings. The van der Waals surface area contributed by atoms with Gasteiger partial charge in [0.2, 0.25) is 0 Å². The predicted octanol–water partition coefficient (Wildman–Crippen LogP) is 4.84. The van der Waals surface area contributed by atoms with Crippen molar-refractivity contribution >= 4 is 27.3 Å². The summed E-state index contributed by atoms with van der Waals surface area (Å²) in [5.74, 6) is -0.198. The lowest BCUT2D eigenvalue weighted by Crippen LogP contribution is -2.21. The van der Waals surface area contributed by atoms with E-state index in [-0.39, 0.29) is 5.82 Å². The molecule has 0 saturated heterocycles. The van der Waals surface area contributed by atoms with Crippen LogP contribution in [0.3, 0.4) is 0 Å². The van der Waals surface area contributed by atoms with E-state index in [0.717, 1.165) is 16.6 Å². The van der Waals surface area contributed by atoms with Gasteiger partial charge in [0, 0.05) is 21.9 Å². The molecule has 1 aromatic heterocycles. The van der Waals surface area contributed by atoms with Crippen molar-refractivity contribution < 1.29 is 4.39 Å². The third kappa shape index (κ3) is 3.40. The second kappa shape index (κ2) is 5.95. The maximum absolute atomic E-state index is 13.3. The van der Waals surface area contributed by atoms with Gasteiger partial charge >= 0.3 is 0 Å². The van der Waals surface area contributed by atoms with Gasteiger partial charge in [-0.15, -0.1) is 11.3 Å². The molecule has 0 N–H and O–H groups in total. The zero-order chi connectivity index (χ0) is 13.1. The molecular weight excluding hydrogens is 313 g/mol. The number of hydrogen-bond donors (Lipinski definition) is 0. The first-order chi connectivity index (χ1) is 8.56. The normalized spacial score (nSPS) is 12.9. The number of rotatable bonds is 4. The summed E-state index contributed by atoms with van der Waals surface area (Å²) in [6.07, 6.45) is 0.